The van der Waals surface area contributed by atoms with Gasteiger partial charge in [0.1, 0.15) is 12.1 Å². The predicted molar refractivity (Wildman–Crippen MR) is 177 cm³/mol. The first-order valence-corrected chi connectivity index (χ1v) is 15.9. The number of nitrogens with one attached hydrogen (secondary N) is 2. The molecule has 8 nitrogen and oxygen atoms in total. The molecule has 2 heterocycles. The first-order valence-electron chi connectivity index (χ1n) is 15.9. The Labute approximate surface area is 264 Å². The third kappa shape index (κ3) is 7.59. The van der Waals surface area contributed by atoms with E-state index in [4.69, 9.17) is 5.73 Å². The summed E-state index contributed by atoms with van der Waals surface area (Å²) in [5.41, 5.74) is 9.78. The summed E-state index contributed by atoms with van der Waals surface area (Å²) in [5.74, 6) is -0.377. The van der Waals surface area contributed by atoms with Crippen molar-refractivity contribution in [1.29, 1.82) is 0 Å². The molecular formula is C37H41N5O3. The van der Waals surface area contributed by atoms with Crippen LogP contribution in [0.25, 0.3) is 21.9 Å². The van der Waals surface area contributed by atoms with Crippen LogP contribution in [0, 0.1) is 5.92 Å². The topological polar surface area (TPSA) is 108 Å². The van der Waals surface area contributed by atoms with Crippen LogP contribution in [0.3, 0.4) is 0 Å². The number of carbonyl (C=O) groups is 3. The van der Waals surface area contributed by atoms with Crippen molar-refractivity contribution in [2.45, 2.75) is 37.9 Å². The molecule has 8 heteroatoms. The summed E-state index contributed by atoms with van der Waals surface area (Å²) in [6, 6.07) is 31.1. The molecule has 0 radical (unpaired) electrons. The van der Waals surface area contributed by atoms with Crippen LogP contribution in [0.4, 0.5) is 0 Å². The third-order valence-electron chi connectivity index (χ3n) is 9.03. The zero-order valence-electron chi connectivity index (χ0n) is 25.5. The summed E-state index contributed by atoms with van der Waals surface area (Å²) in [6.45, 7) is 3.09. The Balaban J connectivity index is 1.26. The summed E-state index contributed by atoms with van der Waals surface area (Å²) in [5, 5.41) is 8.64. The third-order valence-corrected chi connectivity index (χ3v) is 9.03. The first kappa shape index (κ1) is 30.5. The van der Waals surface area contributed by atoms with Gasteiger partial charge >= 0.3 is 0 Å². The minimum absolute atomic E-state index is 0.0437. The Morgan fingerprint density at radius 3 is 2.20 bits per heavy atom. The lowest BCUT2D eigenvalue weighted by atomic mass is 9.95. The molecule has 45 heavy (non-hydrogen) atoms. The van der Waals surface area contributed by atoms with Crippen LogP contribution in [0.15, 0.2) is 97.1 Å². The second-order valence-corrected chi connectivity index (χ2v) is 12.3. The average Bonchev–Trinajstić information content (AvgIpc) is 3.06. The van der Waals surface area contributed by atoms with E-state index in [1.807, 2.05) is 53.4 Å². The fraction of sp³-hybridized carbons (Fsp3) is 0.324. The molecule has 2 saturated heterocycles. The largest absolute Gasteiger partial charge is 0.369 e. The van der Waals surface area contributed by atoms with Gasteiger partial charge < -0.3 is 21.3 Å². The van der Waals surface area contributed by atoms with Crippen LogP contribution in [-0.2, 0) is 27.3 Å². The van der Waals surface area contributed by atoms with Crippen LogP contribution in [0.5, 0.6) is 0 Å². The van der Waals surface area contributed by atoms with Gasteiger partial charge in [-0.3, -0.25) is 19.3 Å². The van der Waals surface area contributed by atoms with E-state index in [1.54, 1.807) is 4.90 Å². The van der Waals surface area contributed by atoms with Crippen molar-refractivity contribution >= 4 is 28.5 Å². The van der Waals surface area contributed by atoms with E-state index < -0.39 is 18.0 Å². The molecule has 3 amide bonds. The van der Waals surface area contributed by atoms with E-state index in [0.29, 0.717) is 18.9 Å². The number of nitrogens with two attached hydrogens (primary N) is 1. The molecule has 4 N–H and O–H groups in total. The van der Waals surface area contributed by atoms with Gasteiger partial charge in [-0.05, 0) is 64.9 Å². The molecule has 0 spiro atoms. The quantitative estimate of drug-likeness (QED) is 0.242. The molecule has 2 fully saturated rings. The van der Waals surface area contributed by atoms with Crippen molar-refractivity contribution in [3.8, 4) is 11.1 Å². The SMILES string of the molecule is NC(=O)CN(CC1CCNCC1)CC1C(=O)NC(Cc2ccc3ccccc3c2)C(=O)N1Cc1ccc(-c2ccccc2)cc1. The zero-order valence-corrected chi connectivity index (χ0v) is 25.5. The Morgan fingerprint density at radius 1 is 0.800 bits per heavy atom. The molecule has 2 aliphatic rings. The Kier molecular flexibility index (Phi) is 9.52. The maximum atomic E-state index is 14.2. The summed E-state index contributed by atoms with van der Waals surface area (Å²) in [4.78, 5) is 43.8. The Morgan fingerprint density at radius 2 is 1.47 bits per heavy atom. The molecule has 4 aromatic carbocycles. The molecule has 2 atom stereocenters. The molecule has 0 aromatic heterocycles. The van der Waals surface area contributed by atoms with Crippen LogP contribution in [0.2, 0.25) is 0 Å². The van der Waals surface area contributed by atoms with Crippen molar-refractivity contribution < 1.29 is 14.4 Å². The highest BCUT2D eigenvalue weighted by molar-refractivity contribution is 5.97. The van der Waals surface area contributed by atoms with Gasteiger partial charge in [-0.2, -0.15) is 0 Å². The van der Waals surface area contributed by atoms with Crippen LogP contribution < -0.4 is 16.4 Å². The van der Waals surface area contributed by atoms with Gasteiger partial charge in [0.25, 0.3) is 0 Å². The fourth-order valence-electron chi connectivity index (χ4n) is 6.66. The number of piperidine rings is 1. The van der Waals surface area contributed by atoms with Gasteiger partial charge in [-0.15, -0.1) is 0 Å². The monoisotopic (exact) mass is 603 g/mol. The van der Waals surface area contributed by atoms with E-state index in [1.165, 1.54) is 0 Å². The number of carbonyl (C=O) groups excluding carboxylic acids is 3. The molecule has 6 rings (SSSR count). The van der Waals surface area contributed by atoms with E-state index in [9.17, 15) is 14.4 Å². The zero-order chi connectivity index (χ0) is 31.2. The number of benzene rings is 4. The molecule has 4 aromatic rings. The van der Waals surface area contributed by atoms with Crippen molar-refractivity contribution in [3.63, 3.8) is 0 Å². The Bertz CT molecular complexity index is 1640. The van der Waals surface area contributed by atoms with Gasteiger partial charge in [0.05, 0.1) is 6.54 Å². The van der Waals surface area contributed by atoms with Gasteiger partial charge in [0, 0.05) is 26.1 Å². The number of hydrogen-bond acceptors (Lipinski definition) is 5. The van der Waals surface area contributed by atoms with Crippen LogP contribution in [0.1, 0.15) is 24.0 Å². The minimum Gasteiger partial charge on any atom is -0.369 e. The lowest BCUT2D eigenvalue weighted by Crippen LogP contribution is -2.66. The highest BCUT2D eigenvalue weighted by Crippen LogP contribution is 2.24. The number of fused-ring (bicyclic) bond motifs is 1. The second kappa shape index (κ2) is 14.1. The molecule has 0 bridgehead atoms. The molecule has 2 aliphatic heterocycles. The Hall–Kier alpha value is -4.53. The van der Waals surface area contributed by atoms with Gasteiger partial charge in [-0.25, -0.2) is 0 Å². The highest BCUT2D eigenvalue weighted by Gasteiger charge is 2.41. The van der Waals surface area contributed by atoms with E-state index in [-0.39, 0.29) is 31.4 Å². The molecule has 0 saturated carbocycles. The summed E-state index contributed by atoms with van der Waals surface area (Å²) in [7, 11) is 0. The maximum absolute atomic E-state index is 14.2. The number of primary amides is 1. The number of rotatable bonds is 11. The van der Waals surface area contributed by atoms with Crippen LogP contribution in [-0.4, -0.2) is 72.3 Å². The second-order valence-electron chi connectivity index (χ2n) is 12.3. The average molecular weight is 604 g/mol. The summed E-state index contributed by atoms with van der Waals surface area (Å²) in [6.07, 6.45) is 2.39. The summed E-state index contributed by atoms with van der Waals surface area (Å²) < 4.78 is 0. The van der Waals surface area contributed by atoms with Crippen molar-refractivity contribution in [1.82, 2.24) is 20.4 Å². The lowest BCUT2D eigenvalue weighted by molar-refractivity contribution is -0.151. The van der Waals surface area contributed by atoms with Crippen molar-refractivity contribution in [3.05, 3.63) is 108 Å². The smallest absolute Gasteiger partial charge is 0.246 e. The predicted octanol–water partition coefficient (Wildman–Crippen LogP) is 3.73. The normalized spacial score (nSPS) is 19.2. The van der Waals surface area contributed by atoms with E-state index in [2.05, 4.69) is 59.2 Å². The van der Waals surface area contributed by atoms with E-state index >= 15 is 0 Å². The van der Waals surface area contributed by atoms with Crippen LogP contribution >= 0.6 is 0 Å². The van der Waals surface area contributed by atoms with Gasteiger partial charge in [0.15, 0.2) is 0 Å². The fourth-order valence-corrected chi connectivity index (χ4v) is 6.66. The summed E-state index contributed by atoms with van der Waals surface area (Å²) >= 11 is 0. The number of nitrogens with zero attached hydrogens (tertiary/aromatic N) is 2. The maximum Gasteiger partial charge on any atom is 0.246 e. The first-order chi connectivity index (χ1) is 21.9. The molecule has 232 valence electrons. The molecular weight excluding hydrogens is 562 g/mol. The van der Waals surface area contributed by atoms with Crippen molar-refractivity contribution in [2.24, 2.45) is 11.7 Å². The number of piperazine rings is 1. The minimum atomic E-state index is -0.750. The standard InChI is InChI=1S/C37H41N5O3/c38-35(43)25-41(22-27-16-18-39-19-17-27)24-34-36(44)40-33(21-28-12-15-30-8-4-5-9-32(30)20-28)37(45)42(34)23-26-10-13-31(14-11-26)29-6-2-1-3-7-29/h1-15,20,27,33-34,39H,16-19,21-25H2,(H2,38,43)(H,40,44). The van der Waals surface area contributed by atoms with Gasteiger partial charge in [-0.1, -0.05) is 97.1 Å². The molecule has 0 aliphatic carbocycles. The number of hydrogen-bond donors (Lipinski definition) is 3. The van der Waals surface area contributed by atoms with Crippen molar-refractivity contribution in [2.75, 3.05) is 32.7 Å². The molecule has 2 unspecified atom stereocenters. The van der Waals surface area contributed by atoms with E-state index in [0.717, 1.165) is 59.0 Å². The van der Waals surface area contributed by atoms with Gasteiger partial charge in [0.2, 0.25) is 17.7 Å². The number of amides is 3. The lowest BCUT2D eigenvalue weighted by Gasteiger charge is -2.41. The highest BCUT2D eigenvalue weighted by atomic mass is 16.2.